The third-order valence-electron chi connectivity index (χ3n) is 3.75. The number of rotatable bonds is 8. The van der Waals surface area contributed by atoms with Gasteiger partial charge in [-0.15, -0.1) is 0 Å². The lowest BCUT2D eigenvalue weighted by Crippen LogP contribution is -2.34. The smallest absolute Gasteiger partial charge is 0.255 e. The van der Waals surface area contributed by atoms with E-state index >= 15 is 0 Å². The summed E-state index contributed by atoms with van der Waals surface area (Å²) in [4.78, 5) is 12.8. The van der Waals surface area contributed by atoms with Gasteiger partial charge in [0, 0.05) is 43.4 Å². The van der Waals surface area contributed by atoms with E-state index in [9.17, 15) is 4.79 Å². The Morgan fingerprint density at radius 1 is 1.27 bits per heavy atom. The number of ether oxygens (including phenoxy) is 1. The fourth-order valence-corrected chi connectivity index (χ4v) is 2.42. The molecule has 126 valence electrons. The number of hydrogen-bond donors (Lipinski definition) is 1. The average Bonchev–Trinajstić information content (AvgIpc) is 2.42. The van der Waals surface area contributed by atoms with Crippen molar-refractivity contribution in [2.45, 2.75) is 59.5 Å². The predicted molar refractivity (Wildman–Crippen MR) is 92.4 cm³/mol. The molecule has 0 fully saturated rings. The van der Waals surface area contributed by atoms with Gasteiger partial charge in [0.25, 0.3) is 5.56 Å². The van der Waals surface area contributed by atoms with Crippen LogP contribution in [0, 0.1) is 5.92 Å². The van der Waals surface area contributed by atoms with Crippen molar-refractivity contribution in [3.63, 3.8) is 0 Å². The van der Waals surface area contributed by atoms with Gasteiger partial charge in [-0.25, -0.2) is 0 Å². The second kappa shape index (κ2) is 8.49. The molecule has 4 nitrogen and oxygen atoms in total. The summed E-state index contributed by atoms with van der Waals surface area (Å²) in [6.45, 7) is 13.6. The van der Waals surface area contributed by atoms with Crippen molar-refractivity contribution in [2.75, 3.05) is 20.3 Å². The molecular weight excluding hydrogens is 276 g/mol. The summed E-state index contributed by atoms with van der Waals surface area (Å²) in [6, 6.07) is 4.07. The van der Waals surface area contributed by atoms with Gasteiger partial charge in [0.05, 0.1) is 6.61 Å². The van der Waals surface area contributed by atoms with Crippen LogP contribution in [0.4, 0.5) is 0 Å². The van der Waals surface area contributed by atoms with Gasteiger partial charge in [-0.3, -0.25) is 4.79 Å². The van der Waals surface area contributed by atoms with Crippen LogP contribution in [0.3, 0.4) is 0 Å². The molecule has 0 saturated carbocycles. The van der Waals surface area contributed by atoms with Crippen LogP contribution in [0.25, 0.3) is 0 Å². The highest BCUT2D eigenvalue weighted by Crippen LogP contribution is 2.22. The van der Waals surface area contributed by atoms with Crippen LogP contribution in [-0.2, 0) is 23.2 Å². The van der Waals surface area contributed by atoms with E-state index in [-0.39, 0.29) is 11.0 Å². The summed E-state index contributed by atoms with van der Waals surface area (Å²) in [5, 5.41) is 3.26. The maximum Gasteiger partial charge on any atom is 0.255 e. The molecule has 0 aliphatic carbocycles. The van der Waals surface area contributed by atoms with Crippen LogP contribution >= 0.6 is 0 Å². The van der Waals surface area contributed by atoms with Crippen molar-refractivity contribution >= 4 is 0 Å². The second-order valence-corrected chi connectivity index (χ2v) is 7.30. The lowest BCUT2D eigenvalue weighted by molar-refractivity contribution is 0.199. The van der Waals surface area contributed by atoms with Crippen molar-refractivity contribution in [2.24, 2.45) is 5.92 Å². The Morgan fingerprint density at radius 2 is 1.95 bits per heavy atom. The molecule has 22 heavy (non-hydrogen) atoms. The number of aromatic nitrogens is 1. The van der Waals surface area contributed by atoms with Gasteiger partial charge < -0.3 is 14.6 Å². The Kier molecular flexibility index (Phi) is 7.30. The molecule has 0 radical (unpaired) electrons. The van der Waals surface area contributed by atoms with Crippen molar-refractivity contribution in [1.82, 2.24) is 9.88 Å². The largest absolute Gasteiger partial charge is 0.383 e. The molecule has 0 bridgehead atoms. The third kappa shape index (κ3) is 5.58. The first-order valence-electron chi connectivity index (χ1n) is 8.20. The third-order valence-corrected chi connectivity index (χ3v) is 3.75. The van der Waals surface area contributed by atoms with E-state index in [1.807, 2.05) is 10.6 Å². The number of nitrogens with one attached hydrogen (secondary N) is 1. The van der Waals surface area contributed by atoms with Crippen molar-refractivity contribution < 1.29 is 4.74 Å². The summed E-state index contributed by atoms with van der Waals surface area (Å²) in [5.74, 6) is 0.586. The van der Waals surface area contributed by atoms with Gasteiger partial charge in [-0.2, -0.15) is 0 Å². The van der Waals surface area contributed by atoms with Gasteiger partial charge in [0.15, 0.2) is 0 Å². The molecule has 1 rings (SSSR count). The summed E-state index contributed by atoms with van der Waals surface area (Å²) in [6.07, 6.45) is 1.02. The van der Waals surface area contributed by atoms with Crippen LogP contribution in [0.1, 0.15) is 52.3 Å². The Labute approximate surface area is 134 Å². The van der Waals surface area contributed by atoms with E-state index < -0.39 is 0 Å². The van der Waals surface area contributed by atoms with Crippen molar-refractivity contribution in [1.29, 1.82) is 0 Å². The van der Waals surface area contributed by atoms with Crippen LogP contribution in [-0.4, -0.2) is 24.8 Å². The summed E-state index contributed by atoms with van der Waals surface area (Å²) in [7, 11) is 1.68. The van der Waals surface area contributed by atoms with E-state index in [2.05, 4.69) is 46.0 Å². The lowest BCUT2D eigenvalue weighted by atomic mass is 9.90. The minimum Gasteiger partial charge on any atom is -0.383 e. The Morgan fingerprint density at radius 3 is 2.50 bits per heavy atom. The monoisotopic (exact) mass is 308 g/mol. The molecule has 0 atom stereocenters. The van der Waals surface area contributed by atoms with E-state index in [4.69, 9.17) is 4.74 Å². The molecule has 0 aliphatic heterocycles. The van der Waals surface area contributed by atoms with Crippen molar-refractivity contribution in [3.05, 3.63) is 33.7 Å². The van der Waals surface area contributed by atoms with E-state index in [0.29, 0.717) is 19.1 Å². The number of hydrogen-bond acceptors (Lipinski definition) is 3. The maximum absolute atomic E-state index is 12.8. The first kappa shape index (κ1) is 18.9. The second-order valence-electron chi connectivity index (χ2n) is 7.30. The number of nitrogens with zero attached hydrogens (tertiary/aromatic N) is 1. The normalized spacial score (nSPS) is 12.1. The number of pyridine rings is 1. The topological polar surface area (TPSA) is 43.3 Å². The van der Waals surface area contributed by atoms with Gasteiger partial charge in [0.2, 0.25) is 0 Å². The van der Waals surface area contributed by atoms with Crippen molar-refractivity contribution in [3.8, 4) is 0 Å². The predicted octanol–water partition coefficient (Wildman–Crippen LogP) is 2.93. The van der Waals surface area contributed by atoms with Gasteiger partial charge >= 0.3 is 0 Å². The van der Waals surface area contributed by atoms with Crippen LogP contribution in [0.15, 0.2) is 16.9 Å². The van der Waals surface area contributed by atoms with Crippen LogP contribution < -0.4 is 10.9 Å². The molecule has 1 aromatic heterocycles. The fraction of sp³-hybridized carbons (Fsp3) is 0.722. The highest BCUT2D eigenvalue weighted by Gasteiger charge is 2.20. The molecule has 0 saturated heterocycles. The molecule has 1 N–H and O–H groups in total. The Balaban J connectivity index is 3.03. The van der Waals surface area contributed by atoms with Gasteiger partial charge in [-0.1, -0.05) is 40.7 Å². The lowest BCUT2D eigenvalue weighted by Gasteiger charge is -2.25. The van der Waals surface area contributed by atoms with E-state index in [1.165, 1.54) is 0 Å². The molecule has 0 unspecified atom stereocenters. The molecule has 1 heterocycles. The minimum atomic E-state index is -0.0296. The highest BCUT2D eigenvalue weighted by atomic mass is 16.5. The zero-order valence-electron chi connectivity index (χ0n) is 15.0. The molecule has 4 heteroatoms. The first-order valence-corrected chi connectivity index (χ1v) is 8.20. The molecule has 0 aliphatic rings. The summed E-state index contributed by atoms with van der Waals surface area (Å²) >= 11 is 0. The van der Waals surface area contributed by atoms with Gasteiger partial charge in [-0.05, 0) is 18.4 Å². The fourth-order valence-electron chi connectivity index (χ4n) is 2.42. The summed E-state index contributed by atoms with van der Waals surface area (Å²) < 4.78 is 6.98. The van der Waals surface area contributed by atoms with Gasteiger partial charge in [0.1, 0.15) is 0 Å². The standard InChI is InChI=1S/C18H32N2O2/c1-14(2)9-11-20-16(18(3,4)5)8-7-15(17(20)21)13-19-10-12-22-6/h7-8,14,19H,9-13H2,1-6H3. The van der Waals surface area contributed by atoms with E-state index in [0.717, 1.165) is 30.8 Å². The maximum atomic E-state index is 12.8. The summed E-state index contributed by atoms with van der Waals surface area (Å²) in [5.41, 5.74) is 2.04. The molecular formula is C18H32N2O2. The molecule has 0 spiro atoms. The quantitative estimate of drug-likeness (QED) is 0.751. The first-order chi connectivity index (χ1) is 10.3. The zero-order valence-corrected chi connectivity index (χ0v) is 15.0. The molecule has 1 aromatic rings. The SMILES string of the molecule is COCCNCc1ccc(C(C)(C)C)n(CCC(C)C)c1=O. The zero-order chi connectivity index (χ0) is 16.8. The Hall–Kier alpha value is -1.13. The minimum absolute atomic E-state index is 0.0296. The highest BCUT2D eigenvalue weighted by molar-refractivity contribution is 5.21. The molecule has 0 amide bonds. The van der Waals surface area contributed by atoms with E-state index in [1.54, 1.807) is 7.11 Å². The molecule has 0 aromatic carbocycles. The number of methoxy groups -OCH3 is 1. The Bertz CT molecular complexity index is 513. The van der Waals surface area contributed by atoms with Crippen LogP contribution in [0.2, 0.25) is 0 Å². The van der Waals surface area contributed by atoms with Crippen LogP contribution in [0.5, 0.6) is 0 Å². The average molecular weight is 308 g/mol.